The third-order valence-electron chi connectivity index (χ3n) is 2.69. The quantitative estimate of drug-likeness (QED) is 0.649. The molecule has 0 fully saturated rings. The van der Waals surface area contributed by atoms with Crippen LogP contribution in [0.5, 0.6) is 0 Å². The molecule has 0 aliphatic carbocycles. The van der Waals surface area contributed by atoms with Gasteiger partial charge >= 0.3 is 12.0 Å². The molecule has 0 aliphatic heterocycles. The van der Waals surface area contributed by atoms with Gasteiger partial charge in [-0.05, 0) is 32.4 Å². The topological polar surface area (TPSA) is 98.7 Å². The van der Waals surface area contributed by atoms with Crippen LogP contribution in [0.2, 0.25) is 0 Å². The number of hydrogen-bond acceptors (Lipinski definition) is 4. The Balaban J connectivity index is 2.38. The molecule has 1 heterocycles. The van der Waals surface area contributed by atoms with E-state index in [1.807, 2.05) is 19.9 Å². The lowest BCUT2D eigenvalue weighted by atomic mass is 10.1. The molecule has 4 N–H and O–H groups in total. The summed E-state index contributed by atoms with van der Waals surface area (Å²) in [5.41, 5.74) is -0.788. The number of hydrogen-bond donors (Lipinski definition) is 4. The summed E-state index contributed by atoms with van der Waals surface area (Å²) in [5, 5.41) is 23.0. The number of thiophene rings is 1. The first kappa shape index (κ1) is 15.5. The van der Waals surface area contributed by atoms with Crippen molar-refractivity contribution in [1.29, 1.82) is 0 Å². The predicted molar refractivity (Wildman–Crippen MR) is 72.3 cm³/mol. The molecule has 0 aliphatic rings. The van der Waals surface area contributed by atoms with Gasteiger partial charge in [0.15, 0.2) is 5.60 Å². The van der Waals surface area contributed by atoms with Gasteiger partial charge in [0, 0.05) is 9.75 Å². The first-order valence-corrected chi connectivity index (χ1v) is 6.57. The predicted octanol–water partition coefficient (Wildman–Crippen LogP) is 1.000. The van der Waals surface area contributed by atoms with Gasteiger partial charge in [0.1, 0.15) is 0 Å². The first-order chi connectivity index (χ1) is 8.72. The number of amides is 2. The molecule has 1 atom stereocenters. The summed E-state index contributed by atoms with van der Waals surface area (Å²) in [7, 11) is 0. The molecule has 1 aromatic heterocycles. The number of carbonyl (C=O) groups is 2. The van der Waals surface area contributed by atoms with Crippen LogP contribution in [0.1, 0.15) is 22.2 Å². The molecule has 1 aromatic rings. The van der Waals surface area contributed by atoms with E-state index in [9.17, 15) is 14.7 Å². The van der Waals surface area contributed by atoms with Gasteiger partial charge in [-0.2, -0.15) is 0 Å². The van der Waals surface area contributed by atoms with Gasteiger partial charge in [0.25, 0.3) is 0 Å². The number of nitrogens with one attached hydrogen (secondary N) is 2. The van der Waals surface area contributed by atoms with Crippen molar-refractivity contribution < 1.29 is 19.8 Å². The lowest BCUT2D eigenvalue weighted by molar-refractivity contribution is -0.155. The summed E-state index contributed by atoms with van der Waals surface area (Å²) in [6, 6.07) is 1.48. The Morgan fingerprint density at radius 3 is 2.47 bits per heavy atom. The van der Waals surface area contributed by atoms with Crippen LogP contribution in [-0.4, -0.2) is 34.4 Å². The molecule has 2 amide bonds. The van der Waals surface area contributed by atoms with Crippen LogP contribution in [0.25, 0.3) is 0 Å². The summed E-state index contributed by atoms with van der Waals surface area (Å²) in [4.78, 5) is 24.3. The van der Waals surface area contributed by atoms with E-state index in [-0.39, 0.29) is 6.54 Å². The van der Waals surface area contributed by atoms with Crippen molar-refractivity contribution in [3.05, 3.63) is 21.4 Å². The highest BCUT2D eigenvalue weighted by Crippen LogP contribution is 2.20. The summed E-state index contributed by atoms with van der Waals surface area (Å²) in [6.45, 7) is 5.16. The normalized spacial score (nSPS) is 13.7. The minimum absolute atomic E-state index is 0.351. The van der Waals surface area contributed by atoms with Gasteiger partial charge in [-0.15, -0.1) is 11.3 Å². The summed E-state index contributed by atoms with van der Waals surface area (Å²) in [5.74, 6) is -1.38. The highest BCUT2D eigenvalue weighted by atomic mass is 32.1. The van der Waals surface area contributed by atoms with Crippen molar-refractivity contribution in [3.8, 4) is 0 Å². The SMILES string of the molecule is Cc1cc(CNC(=O)NCC(C)(O)C(=O)O)sc1C. The van der Waals surface area contributed by atoms with Crippen molar-refractivity contribution in [1.82, 2.24) is 10.6 Å². The standard InChI is InChI=1S/C12H18N2O4S/c1-7-4-9(19-8(7)2)5-13-11(17)14-6-12(3,18)10(15)16/h4,18H,5-6H2,1-3H3,(H,15,16)(H2,13,14,17). The van der Waals surface area contributed by atoms with Crippen LogP contribution < -0.4 is 10.6 Å². The molecule has 0 aromatic carbocycles. The van der Waals surface area contributed by atoms with E-state index in [1.165, 1.54) is 10.4 Å². The van der Waals surface area contributed by atoms with Crippen molar-refractivity contribution in [2.45, 2.75) is 32.9 Å². The molecule has 0 saturated heterocycles. The van der Waals surface area contributed by atoms with E-state index in [4.69, 9.17) is 5.11 Å². The first-order valence-electron chi connectivity index (χ1n) is 5.76. The number of aliphatic carboxylic acids is 1. The van der Waals surface area contributed by atoms with Crippen molar-refractivity contribution in [2.75, 3.05) is 6.54 Å². The second kappa shape index (κ2) is 6.03. The summed E-state index contributed by atoms with van der Waals surface area (Å²) in [6.07, 6.45) is 0. The van der Waals surface area contributed by atoms with E-state index in [1.54, 1.807) is 11.3 Å². The monoisotopic (exact) mass is 286 g/mol. The maximum Gasteiger partial charge on any atom is 0.337 e. The molecule has 6 nitrogen and oxygen atoms in total. The molecule has 0 radical (unpaired) electrons. The maximum absolute atomic E-state index is 11.5. The van der Waals surface area contributed by atoms with Gasteiger partial charge < -0.3 is 20.8 Å². The number of carboxylic acids is 1. The Labute approximate surface area is 115 Å². The molecule has 1 unspecified atom stereocenters. The van der Waals surface area contributed by atoms with Crippen LogP contribution in [0.4, 0.5) is 4.79 Å². The Morgan fingerprint density at radius 2 is 2.00 bits per heavy atom. The van der Waals surface area contributed by atoms with Gasteiger partial charge in [0.2, 0.25) is 0 Å². The van der Waals surface area contributed by atoms with Crippen molar-refractivity contribution in [3.63, 3.8) is 0 Å². The summed E-state index contributed by atoms with van der Waals surface area (Å²) >= 11 is 1.60. The fourth-order valence-corrected chi connectivity index (χ4v) is 2.29. The zero-order valence-corrected chi connectivity index (χ0v) is 11.9. The Bertz CT molecular complexity index is 463. The highest BCUT2D eigenvalue weighted by Gasteiger charge is 2.30. The second-order valence-electron chi connectivity index (χ2n) is 4.57. The average molecular weight is 286 g/mol. The Hall–Kier alpha value is -1.60. The zero-order chi connectivity index (χ0) is 14.6. The smallest absolute Gasteiger partial charge is 0.337 e. The molecule has 0 saturated carbocycles. The second-order valence-corrected chi connectivity index (χ2v) is 5.91. The fourth-order valence-electron chi connectivity index (χ4n) is 1.29. The lowest BCUT2D eigenvalue weighted by Crippen LogP contribution is -2.48. The van der Waals surface area contributed by atoms with Crippen LogP contribution in [-0.2, 0) is 11.3 Å². The molecule has 0 bridgehead atoms. The molecule has 106 valence electrons. The molecule has 0 spiro atoms. The number of aliphatic hydroxyl groups is 1. The minimum atomic E-state index is -1.96. The Kier molecular flexibility index (Phi) is 4.90. The van der Waals surface area contributed by atoms with Crippen LogP contribution >= 0.6 is 11.3 Å². The summed E-state index contributed by atoms with van der Waals surface area (Å²) < 4.78 is 0. The van der Waals surface area contributed by atoms with Crippen LogP contribution in [0, 0.1) is 13.8 Å². The van der Waals surface area contributed by atoms with Crippen molar-refractivity contribution >= 4 is 23.3 Å². The molecular weight excluding hydrogens is 268 g/mol. The third kappa shape index (κ3) is 4.53. The van der Waals surface area contributed by atoms with E-state index in [2.05, 4.69) is 10.6 Å². The Morgan fingerprint density at radius 1 is 1.37 bits per heavy atom. The number of urea groups is 1. The molecular formula is C12H18N2O4S. The number of carboxylic acid groups (broad SMARTS) is 1. The fraction of sp³-hybridized carbons (Fsp3) is 0.500. The largest absolute Gasteiger partial charge is 0.479 e. The number of aryl methyl sites for hydroxylation is 2. The lowest BCUT2D eigenvalue weighted by Gasteiger charge is -2.18. The van der Waals surface area contributed by atoms with E-state index in [0.717, 1.165) is 11.8 Å². The third-order valence-corrected chi connectivity index (χ3v) is 3.85. The van der Waals surface area contributed by atoms with Crippen LogP contribution in [0.15, 0.2) is 6.07 Å². The molecule has 19 heavy (non-hydrogen) atoms. The minimum Gasteiger partial charge on any atom is -0.479 e. The molecule has 1 rings (SSSR count). The van der Waals surface area contributed by atoms with Crippen molar-refractivity contribution in [2.24, 2.45) is 0 Å². The molecule has 7 heteroatoms. The van der Waals surface area contributed by atoms with E-state index in [0.29, 0.717) is 6.54 Å². The average Bonchev–Trinajstić information content (AvgIpc) is 2.63. The van der Waals surface area contributed by atoms with Crippen LogP contribution in [0.3, 0.4) is 0 Å². The number of rotatable bonds is 5. The van der Waals surface area contributed by atoms with Gasteiger partial charge in [0.05, 0.1) is 13.1 Å². The van der Waals surface area contributed by atoms with Gasteiger partial charge in [-0.1, -0.05) is 0 Å². The van der Waals surface area contributed by atoms with E-state index < -0.39 is 17.6 Å². The van der Waals surface area contributed by atoms with Gasteiger partial charge in [-0.3, -0.25) is 0 Å². The van der Waals surface area contributed by atoms with Gasteiger partial charge in [-0.25, -0.2) is 9.59 Å². The zero-order valence-electron chi connectivity index (χ0n) is 11.1. The van der Waals surface area contributed by atoms with E-state index >= 15 is 0 Å². The maximum atomic E-state index is 11.5. The highest BCUT2D eigenvalue weighted by molar-refractivity contribution is 7.12. The number of carbonyl (C=O) groups excluding carboxylic acids is 1.